The maximum atomic E-state index is 12.5. The normalized spacial score (nSPS) is 10.6. The predicted molar refractivity (Wildman–Crippen MR) is 108 cm³/mol. The van der Waals surface area contributed by atoms with Gasteiger partial charge in [0.25, 0.3) is 11.8 Å². The molecule has 0 saturated carbocycles. The zero-order valence-electron chi connectivity index (χ0n) is 15.1. The molecule has 3 aromatic carbocycles. The van der Waals surface area contributed by atoms with E-state index in [1.807, 2.05) is 42.5 Å². The first-order chi connectivity index (χ1) is 13.7. The van der Waals surface area contributed by atoms with Gasteiger partial charge >= 0.3 is 0 Å². The predicted octanol–water partition coefficient (Wildman–Crippen LogP) is 3.80. The summed E-state index contributed by atoms with van der Waals surface area (Å²) in [6.07, 6.45) is 2.64. The lowest BCUT2D eigenvalue weighted by Crippen LogP contribution is -2.23. The average Bonchev–Trinajstić information content (AvgIpc) is 2.77. The molecule has 0 aliphatic carbocycles. The molecule has 0 bridgehead atoms. The van der Waals surface area contributed by atoms with E-state index in [2.05, 4.69) is 17.4 Å². The van der Waals surface area contributed by atoms with Crippen molar-refractivity contribution in [3.63, 3.8) is 0 Å². The van der Waals surface area contributed by atoms with Crippen LogP contribution in [0.15, 0.2) is 84.9 Å². The number of benzene rings is 3. The van der Waals surface area contributed by atoms with E-state index in [0.717, 1.165) is 22.8 Å². The minimum Gasteiger partial charge on any atom is -0.348 e. The van der Waals surface area contributed by atoms with Crippen molar-refractivity contribution in [2.75, 3.05) is 0 Å². The number of hydrogen-bond acceptors (Lipinski definition) is 3. The Morgan fingerprint density at radius 3 is 2.18 bits per heavy atom. The maximum absolute atomic E-state index is 12.5. The van der Waals surface area contributed by atoms with Crippen LogP contribution in [-0.2, 0) is 11.3 Å². The average molecular weight is 372 g/mol. The van der Waals surface area contributed by atoms with Crippen molar-refractivity contribution in [3.05, 3.63) is 102 Å². The van der Waals surface area contributed by atoms with Gasteiger partial charge in [-0.25, -0.2) is 5.48 Å². The molecule has 0 radical (unpaired) electrons. The molecule has 0 heterocycles. The summed E-state index contributed by atoms with van der Waals surface area (Å²) in [6.45, 7) is 0.392. The molecule has 5 nitrogen and oxygen atoms in total. The second-order valence-electron chi connectivity index (χ2n) is 6.14. The van der Waals surface area contributed by atoms with Crippen molar-refractivity contribution in [3.8, 4) is 11.1 Å². The Bertz CT molecular complexity index is 980. The fourth-order valence-corrected chi connectivity index (χ4v) is 2.78. The SMILES string of the molecule is O=C(C=Cc1ccccc1C(=O)NCc1ccc(-c2ccccc2)cc1)NO. The van der Waals surface area contributed by atoms with E-state index in [1.54, 1.807) is 24.3 Å². The Balaban J connectivity index is 1.66. The molecule has 28 heavy (non-hydrogen) atoms. The summed E-state index contributed by atoms with van der Waals surface area (Å²) in [7, 11) is 0. The number of hydrogen-bond donors (Lipinski definition) is 3. The molecule has 2 amide bonds. The third-order valence-corrected chi connectivity index (χ3v) is 4.24. The number of carbonyl (C=O) groups is 2. The molecule has 0 saturated heterocycles. The van der Waals surface area contributed by atoms with E-state index in [1.165, 1.54) is 11.6 Å². The summed E-state index contributed by atoms with van der Waals surface area (Å²) in [6, 6.07) is 25.1. The van der Waals surface area contributed by atoms with Crippen LogP contribution in [0.3, 0.4) is 0 Å². The lowest BCUT2D eigenvalue weighted by molar-refractivity contribution is -0.124. The third-order valence-electron chi connectivity index (χ3n) is 4.24. The Hall–Kier alpha value is -3.70. The van der Waals surface area contributed by atoms with Gasteiger partial charge in [-0.3, -0.25) is 14.8 Å². The van der Waals surface area contributed by atoms with Crippen molar-refractivity contribution in [2.24, 2.45) is 0 Å². The van der Waals surface area contributed by atoms with E-state index < -0.39 is 5.91 Å². The van der Waals surface area contributed by atoms with Crippen molar-refractivity contribution in [1.82, 2.24) is 10.8 Å². The fraction of sp³-hybridized carbons (Fsp3) is 0.0435. The highest BCUT2D eigenvalue weighted by atomic mass is 16.5. The summed E-state index contributed by atoms with van der Waals surface area (Å²) < 4.78 is 0. The summed E-state index contributed by atoms with van der Waals surface area (Å²) in [5.74, 6) is -0.898. The van der Waals surface area contributed by atoms with Gasteiger partial charge in [0.1, 0.15) is 0 Å². The zero-order chi connectivity index (χ0) is 19.8. The van der Waals surface area contributed by atoms with Crippen LogP contribution >= 0.6 is 0 Å². The first-order valence-electron chi connectivity index (χ1n) is 8.81. The smallest absolute Gasteiger partial charge is 0.267 e. The summed E-state index contributed by atoms with van der Waals surface area (Å²) in [5.41, 5.74) is 5.81. The molecule has 0 aromatic heterocycles. The summed E-state index contributed by atoms with van der Waals surface area (Å²) in [4.78, 5) is 23.7. The largest absolute Gasteiger partial charge is 0.348 e. The highest BCUT2D eigenvalue weighted by molar-refractivity contribution is 5.99. The molecule has 0 spiro atoms. The monoisotopic (exact) mass is 372 g/mol. The highest BCUT2D eigenvalue weighted by Crippen LogP contribution is 2.19. The van der Waals surface area contributed by atoms with Gasteiger partial charge < -0.3 is 5.32 Å². The van der Waals surface area contributed by atoms with Crippen LogP contribution in [0.25, 0.3) is 17.2 Å². The van der Waals surface area contributed by atoms with E-state index in [0.29, 0.717) is 17.7 Å². The number of rotatable bonds is 6. The van der Waals surface area contributed by atoms with E-state index >= 15 is 0 Å². The van der Waals surface area contributed by atoms with Gasteiger partial charge in [0, 0.05) is 18.2 Å². The minimum absolute atomic E-state index is 0.239. The second kappa shape index (κ2) is 9.30. The molecule has 140 valence electrons. The Morgan fingerprint density at radius 1 is 0.821 bits per heavy atom. The molecule has 0 fully saturated rings. The maximum Gasteiger partial charge on any atom is 0.267 e. The lowest BCUT2D eigenvalue weighted by atomic mass is 10.0. The van der Waals surface area contributed by atoms with Crippen LogP contribution in [0.2, 0.25) is 0 Å². The van der Waals surface area contributed by atoms with Crippen LogP contribution in [0.5, 0.6) is 0 Å². The molecular formula is C23H20N2O3. The Labute approximate surface area is 163 Å². The topological polar surface area (TPSA) is 78.4 Å². The van der Waals surface area contributed by atoms with Crippen molar-refractivity contribution in [1.29, 1.82) is 0 Å². The molecule has 0 unspecified atom stereocenters. The molecule has 3 N–H and O–H groups in total. The second-order valence-corrected chi connectivity index (χ2v) is 6.14. The standard InChI is InChI=1S/C23H20N2O3/c26-22(25-28)15-14-20-8-4-5-9-21(20)23(27)24-16-17-10-12-19(13-11-17)18-6-2-1-3-7-18/h1-15,28H,16H2,(H,24,27)(H,25,26). The molecule has 0 aliphatic heterocycles. The Kier molecular flexibility index (Phi) is 6.33. The first kappa shape index (κ1) is 19.1. The molecule has 3 aromatic rings. The Morgan fingerprint density at radius 2 is 1.46 bits per heavy atom. The molecule has 0 atom stereocenters. The van der Waals surface area contributed by atoms with Crippen molar-refractivity contribution in [2.45, 2.75) is 6.54 Å². The van der Waals surface area contributed by atoms with Crippen molar-refractivity contribution >= 4 is 17.9 Å². The molecule has 0 aliphatic rings. The van der Waals surface area contributed by atoms with Gasteiger partial charge in [-0.1, -0.05) is 72.8 Å². The van der Waals surface area contributed by atoms with E-state index in [9.17, 15) is 9.59 Å². The highest BCUT2D eigenvalue weighted by Gasteiger charge is 2.09. The molecule has 5 heteroatoms. The summed E-state index contributed by atoms with van der Waals surface area (Å²) >= 11 is 0. The van der Waals surface area contributed by atoms with Crippen LogP contribution in [0.1, 0.15) is 21.5 Å². The third kappa shape index (κ3) is 4.93. The van der Waals surface area contributed by atoms with Crippen LogP contribution in [-0.4, -0.2) is 17.0 Å². The molecule has 3 rings (SSSR count). The number of hydroxylamine groups is 1. The van der Waals surface area contributed by atoms with Gasteiger partial charge in [-0.05, 0) is 34.4 Å². The number of amides is 2. The quantitative estimate of drug-likeness (QED) is 0.350. The van der Waals surface area contributed by atoms with E-state index in [-0.39, 0.29) is 5.91 Å². The van der Waals surface area contributed by atoms with Gasteiger partial charge in [0.2, 0.25) is 0 Å². The van der Waals surface area contributed by atoms with Crippen LogP contribution in [0, 0.1) is 0 Å². The summed E-state index contributed by atoms with van der Waals surface area (Å²) in [5, 5.41) is 11.5. The molecular weight excluding hydrogens is 352 g/mol. The zero-order valence-corrected chi connectivity index (χ0v) is 15.1. The van der Waals surface area contributed by atoms with Crippen LogP contribution < -0.4 is 10.8 Å². The number of nitrogens with one attached hydrogen (secondary N) is 2. The van der Waals surface area contributed by atoms with Gasteiger partial charge in [0.15, 0.2) is 0 Å². The van der Waals surface area contributed by atoms with Gasteiger partial charge in [-0.15, -0.1) is 0 Å². The fourth-order valence-electron chi connectivity index (χ4n) is 2.78. The number of carbonyl (C=O) groups excluding carboxylic acids is 2. The van der Waals surface area contributed by atoms with E-state index in [4.69, 9.17) is 5.21 Å². The van der Waals surface area contributed by atoms with Gasteiger partial charge in [-0.2, -0.15) is 0 Å². The lowest BCUT2D eigenvalue weighted by Gasteiger charge is -2.09. The first-order valence-corrected chi connectivity index (χ1v) is 8.81. The van der Waals surface area contributed by atoms with Crippen LogP contribution in [0.4, 0.5) is 0 Å². The minimum atomic E-state index is -0.659. The van der Waals surface area contributed by atoms with Gasteiger partial charge in [0.05, 0.1) is 0 Å². The van der Waals surface area contributed by atoms with Crippen molar-refractivity contribution < 1.29 is 14.8 Å².